The maximum absolute atomic E-state index is 5.87. The predicted molar refractivity (Wildman–Crippen MR) is 112 cm³/mol. The lowest BCUT2D eigenvalue weighted by atomic mass is 10.1. The third kappa shape index (κ3) is 6.07. The molecule has 0 radical (unpaired) electrons. The van der Waals surface area contributed by atoms with Crippen LogP contribution >= 0.6 is 0 Å². The first-order valence-electron chi connectivity index (χ1n) is 9.41. The number of aryl methyl sites for hydroxylation is 2. The fraction of sp³-hybridized carbons (Fsp3) is 0.250. The zero-order chi connectivity index (χ0) is 18.9. The van der Waals surface area contributed by atoms with Gasteiger partial charge in [0.2, 0.25) is 0 Å². The van der Waals surface area contributed by atoms with E-state index in [1.54, 1.807) is 0 Å². The zero-order valence-electron chi connectivity index (χ0n) is 16.1. The summed E-state index contributed by atoms with van der Waals surface area (Å²) >= 11 is 0. The van der Waals surface area contributed by atoms with Crippen LogP contribution in [0, 0.1) is 13.8 Å². The van der Waals surface area contributed by atoms with E-state index in [0.717, 1.165) is 35.7 Å². The van der Waals surface area contributed by atoms with Gasteiger partial charge >= 0.3 is 0 Å². The molecule has 0 bridgehead atoms. The number of rotatable bonds is 9. The molecule has 140 valence electrons. The van der Waals surface area contributed by atoms with E-state index >= 15 is 0 Å². The first kappa shape index (κ1) is 18.8. The van der Waals surface area contributed by atoms with Crippen molar-refractivity contribution in [3.63, 3.8) is 0 Å². The molecule has 0 heterocycles. The maximum atomic E-state index is 5.87. The van der Waals surface area contributed by atoms with Crippen LogP contribution in [0.5, 0.6) is 11.5 Å². The van der Waals surface area contributed by atoms with Gasteiger partial charge in [0.1, 0.15) is 18.1 Å². The quantitative estimate of drug-likeness (QED) is 0.517. The number of hydrogen-bond acceptors (Lipinski definition) is 3. The fourth-order valence-electron chi connectivity index (χ4n) is 2.82. The van der Waals surface area contributed by atoms with Crippen molar-refractivity contribution in [1.29, 1.82) is 0 Å². The van der Waals surface area contributed by atoms with Gasteiger partial charge in [-0.15, -0.1) is 0 Å². The highest BCUT2D eigenvalue weighted by molar-refractivity contribution is 5.46. The molecule has 0 aliphatic rings. The first-order valence-corrected chi connectivity index (χ1v) is 9.41. The van der Waals surface area contributed by atoms with Crippen LogP contribution in [0.4, 0.5) is 5.69 Å². The lowest BCUT2D eigenvalue weighted by Gasteiger charge is -2.12. The number of ether oxygens (including phenoxy) is 2. The molecule has 0 saturated heterocycles. The molecule has 27 heavy (non-hydrogen) atoms. The Hall–Kier alpha value is -2.94. The van der Waals surface area contributed by atoms with Crippen LogP contribution < -0.4 is 14.8 Å². The van der Waals surface area contributed by atoms with Crippen LogP contribution in [0.15, 0.2) is 72.8 Å². The van der Waals surface area contributed by atoms with Crippen molar-refractivity contribution in [1.82, 2.24) is 0 Å². The Morgan fingerprint density at radius 2 is 1.56 bits per heavy atom. The Morgan fingerprint density at radius 3 is 2.33 bits per heavy atom. The molecule has 0 aliphatic heterocycles. The second kappa shape index (κ2) is 9.67. The minimum absolute atomic E-state index is 0.625. The Labute approximate surface area is 162 Å². The van der Waals surface area contributed by atoms with Crippen LogP contribution in [0.3, 0.4) is 0 Å². The summed E-state index contributed by atoms with van der Waals surface area (Å²) in [5, 5.41) is 3.38. The van der Waals surface area contributed by atoms with E-state index in [-0.39, 0.29) is 0 Å². The van der Waals surface area contributed by atoms with Gasteiger partial charge in [-0.25, -0.2) is 0 Å². The lowest BCUT2D eigenvalue weighted by molar-refractivity contribution is 0.322. The van der Waals surface area contributed by atoms with Gasteiger partial charge in [-0.05, 0) is 60.9 Å². The average molecular weight is 361 g/mol. The minimum Gasteiger partial charge on any atom is -0.493 e. The molecule has 1 N–H and O–H groups in total. The highest BCUT2D eigenvalue weighted by Crippen LogP contribution is 2.19. The lowest BCUT2D eigenvalue weighted by Crippen LogP contribution is -2.12. The summed E-state index contributed by atoms with van der Waals surface area (Å²) in [5.74, 6) is 1.85. The van der Waals surface area contributed by atoms with Crippen LogP contribution in [0.25, 0.3) is 0 Å². The zero-order valence-corrected chi connectivity index (χ0v) is 16.1. The van der Waals surface area contributed by atoms with Gasteiger partial charge in [0, 0.05) is 18.7 Å². The highest BCUT2D eigenvalue weighted by Gasteiger charge is 2.00. The van der Waals surface area contributed by atoms with E-state index in [9.17, 15) is 0 Å². The molecule has 3 rings (SSSR count). The predicted octanol–water partition coefficient (Wildman–Crippen LogP) is 5.42. The molecule has 3 nitrogen and oxygen atoms in total. The molecule has 0 amide bonds. The summed E-state index contributed by atoms with van der Waals surface area (Å²) < 4.78 is 11.7. The Morgan fingerprint density at radius 1 is 0.778 bits per heavy atom. The van der Waals surface area contributed by atoms with Crippen molar-refractivity contribution in [3.05, 3.63) is 89.5 Å². The largest absolute Gasteiger partial charge is 0.493 e. The minimum atomic E-state index is 0.625. The summed E-state index contributed by atoms with van der Waals surface area (Å²) in [6.45, 7) is 6.20. The molecule has 0 aromatic heterocycles. The Kier molecular flexibility index (Phi) is 6.75. The van der Waals surface area contributed by atoms with Crippen molar-refractivity contribution in [2.24, 2.45) is 0 Å². The van der Waals surface area contributed by atoms with Crippen LogP contribution in [0.2, 0.25) is 0 Å². The Balaban J connectivity index is 1.38. The van der Waals surface area contributed by atoms with Gasteiger partial charge < -0.3 is 14.8 Å². The molecule has 0 unspecified atom stereocenters. The maximum Gasteiger partial charge on any atom is 0.122 e. The topological polar surface area (TPSA) is 30.5 Å². The number of anilines is 1. The molecule has 0 aliphatic carbocycles. The van der Waals surface area contributed by atoms with E-state index in [1.165, 1.54) is 11.1 Å². The van der Waals surface area contributed by atoms with Gasteiger partial charge in [-0.3, -0.25) is 0 Å². The molecular weight excluding hydrogens is 334 g/mol. The Bertz CT molecular complexity index is 829. The molecule has 0 fully saturated rings. The van der Waals surface area contributed by atoms with Crippen LogP contribution in [0.1, 0.15) is 16.7 Å². The van der Waals surface area contributed by atoms with Crippen LogP contribution in [-0.4, -0.2) is 19.8 Å². The molecule has 0 atom stereocenters. The summed E-state index contributed by atoms with van der Waals surface area (Å²) in [6.07, 6.45) is 0.913. The normalized spacial score (nSPS) is 10.4. The standard InChI is InChI=1S/C24H27NO2/c1-19-8-9-20(2)24(18-19)27-17-15-25-22-10-12-23(13-11-22)26-16-14-21-6-4-3-5-7-21/h3-13,18,25H,14-17H2,1-2H3. The van der Waals surface area contributed by atoms with Crippen molar-refractivity contribution in [2.75, 3.05) is 25.1 Å². The average Bonchev–Trinajstić information content (AvgIpc) is 2.70. The third-order valence-electron chi connectivity index (χ3n) is 4.39. The summed E-state index contributed by atoms with van der Waals surface area (Å²) in [6, 6.07) is 24.7. The summed E-state index contributed by atoms with van der Waals surface area (Å²) in [5.41, 5.74) is 4.73. The van der Waals surface area contributed by atoms with E-state index < -0.39 is 0 Å². The van der Waals surface area contributed by atoms with Gasteiger partial charge in [-0.1, -0.05) is 42.5 Å². The monoisotopic (exact) mass is 361 g/mol. The van der Waals surface area contributed by atoms with Gasteiger partial charge in [-0.2, -0.15) is 0 Å². The SMILES string of the molecule is Cc1ccc(C)c(OCCNc2ccc(OCCc3ccccc3)cc2)c1. The van der Waals surface area contributed by atoms with Gasteiger partial charge in [0.15, 0.2) is 0 Å². The van der Waals surface area contributed by atoms with Crippen LogP contribution in [-0.2, 0) is 6.42 Å². The third-order valence-corrected chi connectivity index (χ3v) is 4.39. The van der Waals surface area contributed by atoms with E-state index in [4.69, 9.17) is 9.47 Å². The molecule has 0 spiro atoms. The summed E-state index contributed by atoms with van der Waals surface area (Å²) in [7, 11) is 0. The van der Waals surface area contributed by atoms with Crippen molar-refractivity contribution < 1.29 is 9.47 Å². The highest BCUT2D eigenvalue weighted by atomic mass is 16.5. The fourth-order valence-corrected chi connectivity index (χ4v) is 2.82. The molecule has 3 aromatic rings. The second-order valence-corrected chi connectivity index (χ2v) is 6.65. The van der Waals surface area contributed by atoms with Crippen molar-refractivity contribution in [2.45, 2.75) is 20.3 Å². The molecule has 3 heteroatoms. The van der Waals surface area contributed by atoms with Gasteiger partial charge in [0.25, 0.3) is 0 Å². The molecule has 3 aromatic carbocycles. The van der Waals surface area contributed by atoms with E-state index in [2.05, 4.69) is 61.6 Å². The van der Waals surface area contributed by atoms with E-state index in [0.29, 0.717) is 13.2 Å². The van der Waals surface area contributed by atoms with E-state index in [1.807, 2.05) is 30.3 Å². The number of nitrogens with one attached hydrogen (secondary N) is 1. The first-order chi connectivity index (χ1) is 13.2. The summed E-state index contributed by atoms with van der Waals surface area (Å²) in [4.78, 5) is 0. The van der Waals surface area contributed by atoms with Crippen molar-refractivity contribution >= 4 is 5.69 Å². The number of benzene rings is 3. The smallest absolute Gasteiger partial charge is 0.122 e. The number of hydrogen-bond donors (Lipinski definition) is 1. The molecule has 0 saturated carbocycles. The van der Waals surface area contributed by atoms with Gasteiger partial charge in [0.05, 0.1) is 6.61 Å². The molecular formula is C24H27NO2. The second-order valence-electron chi connectivity index (χ2n) is 6.65. The van der Waals surface area contributed by atoms with Crippen molar-refractivity contribution in [3.8, 4) is 11.5 Å².